The number of para-hydroxylation sites is 2. The molecule has 6 heteroatoms. The Morgan fingerprint density at radius 2 is 1.78 bits per heavy atom. The van der Waals surface area contributed by atoms with Gasteiger partial charge in [-0.2, -0.15) is 0 Å². The number of carbonyl (C=O) groups is 1. The summed E-state index contributed by atoms with van der Waals surface area (Å²) >= 11 is 0. The molecule has 1 aliphatic rings. The van der Waals surface area contributed by atoms with Crippen molar-refractivity contribution >= 4 is 28.4 Å². The van der Waals surface area contributed by atoms with Crippen LogP contribution in [-0.4, -0.2) is 53.5 Å². The van der Waals surface area contributed by atoms with Gasteiger partial charge in [-0.3, -0.25) is 0 Å². The minimum atomic E-state index is -0.0102. The van der Waals surface area contributed by atoms with Gasteiger partial charge < -0.3 is 19.5 Å². The average molecular weight is 309 g/mol. The van der Waals surface area contributed by atoms with E-state index in [1.54, 1.807) is 7.05 Å². The number of piperazine rings is 1. The van der Waals surface area contributed by atoms with Gasteiger partial charge in [0.25, 0.3) is 0 Å². The molecule has 4 rings (SSSR count). The van der Waals surface area contributed by atoms with E-state index in [1.807, 2.05) is 29.2 Å². The van der Waals surface area contributed by atoms with Crippen molar-refractivity contribution in [1.29, 1.82) is 0 Å². The third-order valence-corrected chi connectivity index (χ3v) is 4.43. The molecule has 0 atom stereocenters. The van der Waals surface area contributed by atoms with E-state index in [0.717, 1.165) is 35.5 Å². The van der Waals surface area contributed by atoms with Crippen molar-refractivity contribution in [1.82, 2.24) is 19.6 Å². The van der Waals surface area contributed by atoms with Gasteiger partial charge in [0, 0.05) is 39.4 Å². The monoisotopic (exact) mass is 309 g/mol. The molecule has 0 aliphatic carbocycles. The predicted octanol–water partition coefficient (Wildman–Crippen LogP) is 1.95. The Labute approximate surface area is 134 Å². The number of aromatic nitrogens is 2. The van der Waals surface area contributed by atoms with Gasteiger partial charge in [-0.25, -0.2) is 9.78 Å². The van der Waals surface area contributed by atoms with E-state index in [0.29, 0.717) is 13.1 Å². The molecule has 118 valence electrons. The van der Waals surface area contributed by atoms with Crippen LogP contribution in [0.4, 0.5) is 10.6 Å². The SMILES string of the molecule is CNC(=O)N1CCN(c2nc3ccccc3n3cccc23)CC1. The normalized spacial score (nSPS) is 15.3. The quantitative estimate of drug-likeness (QED) is 0.747. The first kappa shape index (κ1) is 13.9. The fourth-order valence-corrected chi connectivity index (χ4v) is 3.22. The van der Waals surface area contributed by atoms with Gasteiger partial charge in [0.1, 0.15) is 0 Å². The largest absolute Gasteiger partial charge is 0.351 e. The summed E-state index contributed by atoms with van der Waals surface area (Å²) in [5.74, 6) is 0.991. The van der Waals surface area contributed by atoms with Gasteiger partial charge >= 0.3 is 6.03 Å². The number of amides is 2. The minimum absolute atomic E-state index is 0.0102. The van der Waals surface area contributed by atoms with Crippen LogP contribution >= 0.6 is 0 Å². The number of hydrogen-bond donors (Lipinski definition) is 1. The van der Waals surface area contributed by atoms with Crippen molar-refractivity contribution in [2.75, 3.05) is 38.1 Å². The van der Waals surface area contributed by atoms with Gasteiger partial charge in [0.05, 0.1) is 16.6 Å². The van der Waals surface area contributed by atoms with E-state index in [2.05, 4.69) is 32.9 Å². The number of nitrogens with one attached hydrogen (secondary N) is 1. The van der Waals surface area contributed by atoms with E-state index in [-0.39, 0.29) is 6.03 Å². The number of anilines is 1. The molecule has 0 saturated carbocycles. The molecule has 1 saturated heterocycles. The molecule has 23 heavy (non-hydrogen) atoms. The van der Waals surface area contributed by atoms with E-state index < -0.39 is 0 Å². The molecule has 0 unspecified atom stereocenters. The molecule has 6 nitrogen and oxygen atoms in total. The van der Waals surface area contributed by atoms with Crippen molar-refractivity contribution in [2.45, 2.75) is 0 Å². The Kier molecular flexibility index (Phi) is 3.29. The Hall–Kier alpha value is -2.76. The summed E-state index contributed by atoms with van der Waals surface area (Å²) in [5.41, 5.74) is 3.21. The lowest BCUT2D eigenvalue weighted by molar-refractivity contribution is 0.196. The van der Waals surface area contributed by atoms with E-state index >= 15 is 0 Å². The van der Waals surface area contributed by atoms with Crippen molar-refractivity contribution < 1.29 is 4.79 Å². The highest BCUT2D eigenvalue weighted by Gasteiger charge is 2.23. The highest BCUT2D eigenvalue weighted by molar-refractivity contribution is 5.85. The summed E-state index contributed by atoms with van der Waals surface area (Å²) in [6.07, 6.45) is 2.07. The number of rotatable bonds is 1. The highest BCUT2D eigenvalue weighted by atomic mass is 16.2. The maximum atomic E-state index is 11.7. The van der Waals surface area contributed by atoms with Crippen LogP contribution in [0.5, 0.6) is 0 Å². The number of benzene rings is 1. The molecule has 1 N–H and O–H groups in total. The standard InChI is InChI=1S/C17H19N5O/c1-18-17(23)21-11-9-20(10-12-21)16-15-7-4-8-22(15)14-6-3-2-5-13(14)19-16/h2-8H,9-12H2,1H3,(H,18,23). The zero-order valence-corrected chi connectivity index (χ0v) is 13.1. The summed E-state index contributed by atoms with van der Waals surface area (Å²) in [6.45, 7) is 3.00. The fraction of sp³-hybridized carbons (Fsp3) is 0.294. The molecular formula is C17H19N5O. The van der Waals surface area contributed by atoms with Crippen LogP contribution in [0.3, 0.4) is 0 Å². The molecule has 0 spiro atoms. The molecular weight excluding hydrogens is 290 g/mol. The van der Waals surface area contributed by atoms with Crippen LogP contribution in [-0.2, 0) is 0 Å². The summed E-state index contributed by atoms with van der Waals surface area (Å²) in [6, 6.07) is 12.3. The molecule has 0 radical (unpaired) electrons. The van der Waals surface area contributed by atoms with Crippen molar-refractivity contribution in [3.63, 3.8) is 0 Å². The molecule has 0 bridgehead atoms. The second kappa shape index (κ2) is 5.46. The number of fused-ring (bicyclic) bond motifs is 3. The number of hydrogen-bond acceptors (Lipinski definition) is 3. The van der Waals surface area contributed by atoms with Crippen molar-refractivity contribution in [2.24, 2.45) is 0 Å². The first-order chi connectivity index (χ1) is 11.3. The molecule has 3 heterocycles. The minimum Gasteiger partial charge on any atom is -0.351 e. The zero-order valence-electron chi connectivity index (χ0n) is 13.1. The van der Waals surface area contributed by atoms with Crippen LogP contribution in [0, 0.1) is 0 Å². The predicted molar refractivity (Wildman–Crippen MR) is 90.9 cm³/mol. The van der Waals surface area contributed by atoms with E-state index in [9.17, 15) is 4.79 Å². The van der Waals surface area contributed by atoms with Gasteiger partial charge in [-0.05, 0) is 24.3 Å². The molecule has 1 fully saturated rings. The first-order valence-corrected chi connectivity index (χ1v) is 7.85. The third-order valence-electron chi connectivity index (χ3n) is 4.43. The highest BCUT2D eigenvalue weighted by Crippen LogP contribution is 2.26. The summed E-state index contributed by atoms with van der Waals surface area (Å²) in [7, 11) is 1.67. The van der Waals surface area contributed by atoms with Crippen LogP contribution in [0.2, 0.25) is 0 Å². The fourth-order valence-electron chi connectivity index (χ4n) is 3.22. The number of nitrogens with zero attached hydrogens (tertiary/aromatic N) is 4. The Bertz CT molecular complexity index is 864. The van der Waals surface area contributed by atoms with E-state index in [1.165, 1.54) is 0 Å². The maximum Gasteiger partial charge on any atom is 0.317 e. The first-order valence-electron chi connectivity index (χ1n) is 7.85. The zero-order chi connectivity index (χ0) is 15.8. The topological polar surface area (TPSA) is 52.9 Å². The van der Waals surface area contributed by atoms with Gasteiger partial charge in [0.15, 0.2) is 5.82 Å². The molecule has 2 amide bonds. The lowest BCUT2D eigenvalue weighted by Gasteiger charge is -2.35. The van der Waals surface area contributed by atoms with Gasteiger partial charge in [0.2, 0.25) is 0 Å². The molecule has 1 aliphatic heterocycles. The average Bonchev–Trinajstić information content (AvgIpc) is 3.10. The summed E-state index contributed by atoms with van der Waals surface area (Å²) in [5, 5.41) is 2.69. The number of carbonyl (C=O) groups excluding carboxylic acids is 1. The van der Waals surface area contributed by atoms with Crippen LogP contribution < -0.4 is 10.2 Å². The van der Waals surface area contributed by atoms with Gasteiger partial charge in [-0.15, -0.1) is 0 Å². The van der Waals surface area contributed by atoms with Crippen molar-refractivity contribution in [3.8, 4) is 0 Å². The Morgan fingerprint density at radius 1 is 1.04 bits per heavy atom. The van der Waals surface area contributed by atoms with Crippen LogP contribution in [0.15, 0.2) is 42.6 Å². The Morgan fingerprint density at radius 3 is 2.57 bits per heavy atom. The lowest BCUT2D eigenvalue weighted by Crippen LogP contribution is -2.51. The maximum absolute atomic E-state index is 11.7. The lowest BCUT2D eigenvalue weighted by atomic mass is 10.2. The third kappa shape index (κ3) is 2.27. The van der Waals surface area contributed by atoms with E-state index in [4.69, 9.17) is 4.98 Å². The molecule has 3 aromatic rings. The summed E-state index contributed by atoms with van der Waals surface area (Å²) in [4.78, 5) is 20.7. The second-order valence-corrected chi connectivity index (χ2v) is 5.72. The molecule has 1 aromatic carbocycles. The Balaban J connectivity index is 1.71. The second-order valence-electron chi connectivity index (χ2n) is 5.72. The summed E-state index contributed by atoms with van der Waals surface area (Å²) < 4.78 is 2.18. The smallest absolute Gasteiger partial charge is 0.317 e. The van der Waals surface area contributed by atoms with Crippen molar-refractivity contribution in [3.05, 3.63) is 42.6 Å². The van der Waals surface area contributed by atoms with Gasteiger partial charge in [-0.1, -0.05) is 12.1 Å². The van der Waals surface area contributed by atoms with Crippen LogP contribution in [0.25, 0.3) is 16.6 Å². The number of urea groups is 1. The molecule has 2 aromatic heterocycles. The van der Waals surface area contributed by atoms with Crippen LogP contribution in [0.1, 0.15) is 0 Å².